The molecule has 240 valence electrons. The number of hydrogen-bond donors (Lipinski definition) is 0. The minimum Gasteiger partial charge on any atom is -0.493 e. The number of benzene rings is 3. The number of rotatable bonds is 15. The van der Waals surface area contributed by atoms with Crippen LogP contribution in [0.5, 0.6) is 28.7 Å². The maximum atomic E-state index is 13.7. The molecule has 0 saturated carbocycles. The van der Waals surface area contributed by atoms with Gasteiger partial charge in [-0.3, -0.25) is 0 Å². The summed E-state index contributed by atoms with van der Waals surface area (Å²) in [5.41, 5.74) is 2.30. The van der Waals surface area contributed by atoms with E-state index < -0.39 is 37.3 Å². The van der Waals surface area contributed by atoms with Gasteiger partial charge in [-0.15, -0.1) is 0 Å². The van der Waals surface area contributed by atoms with Gasteiger partial charge in [0.1, 0.15) is 21.3 Å². The Morgan fingerprint density at radius 3 is 1.89 bits per heavy atom. The topological polar surface area (TPSA) is 124 Å². The molecule has 1 aliphatic rings. The lowest BCUT2D eigenvalue weighted by Gasteiger charge is -2.21. The van der Waals surface area contributed by atoms with E-state index in [0.717, 1.165) is 17.4 Å². The molecule has 2 atom stereocenters. The first-order valence-electron chi connectivity index (χ1n) is 14.3. The summed E-state index contributed by atoms with van der Waals surface area (Å²) >= 11 is 0. The predicted molar refractivity (Wildman–Crippen MR) is 167 cm³/mol. The van der Waals surface area contributed by atoms with Crippen LogP contribution in [0.1, 0.15) is 55.1 Å². The molecular weight excluding hydrogens is 608 g/mol. The summed E-state index contributed by atoms with van der Waals surface area (Å²) in [6.45, 7) is 2.33. The highest BCUT2D eigenvalue weighted by atomic mass is 32.2. The van der Waals surface area contributed by atoms with E-state index in [1.54, 1.807) is 20.3 Å². The molecule has 0 aromatic heterocycles. The molecule has 12 heteroatoms. The smallest absolute Gasteiger partial charge is 0.203 e. The Bertz CT molecular complexity index is 1610. The van der Waals surface area contributed by atoms with Crippen molar-refractivity contribution in [1.82, 2.24) is 0 Å². The lowest BCUT2D eigenvalue weighted by Crippen LogP contribution is -2.18. The minimum absolute atomic E-state index is 0.0687. The summed E-state index contributed by atoms with van der Waals surface area (Å²) in [6, 6.07) is 16.4. The van der Waals surface area contributed by atoms with Crippen molar-refractivity contribution in [2.24, 2.45) is 0 Å². The number of methoxy groups -OCH3 is 3. The standard InChI is InChI=1S/C32H40O10S2/c1-6-14-40-32-29(41-21-22-10-8-7-9-11-22)19-24(20-30(32)44(35,36)16-15-43(5,33)34)26-13-12-25(42-26)23-17-27(37-2)31(39-4)28(18-23)38-3/h7-11,17-20,25-26H,6,12-16,21H2,1-5H3. The molecule has 0 radical (unpaired) electrons. The Labute approximate surface area is 260 Å². The van der Waals surface area contributed by atoms with E-state index in [9.17, 15) is 16.8 Å². The molecule has 3 aromatic carbocycles. The molecule has 44 heavy (non-hydrogen) atoms. The monoisotopic (exact) mass is 648 g/mol. The van der Waals surface area contributed by atoms with Crippen molar-refractivity contribution in [3.63, 3.8) is 0 Å². The molecule has 1 aliphatic heterocycles. The maximum Gasteiger partial charge on any atom is 0.203 e. The van der Waals surface area contributed by atoms with Gasteiger partial charge in [0.15, 0.2) is 32.8 Å². The third kappa shape index (κ3) is 8.16. The van der Waals surface area contributed by atoms with E-state index in [4.69, 9.17) is 28.4 Å². The molecule has 0 spiro atoms. The van der Waals surface area contributed by atoms with Gasteiger partial charge in [-0.1, -0.05) is 37.3 Å². The molecular formula is C32H40O10S2. The Kier molecular flexibility index (Phi) is 11.0. The zero-order chi connectivity index (χ0) is 31.9. The molecule has 0 amide bonds. The van der Waals surface area contributed by atoms with E-state index in [1.165, 1.54) is 13.2 Å². The molecule has 1 fully saturated rings. The van der Waals surface area contributed by atoms with E-state index in [2.05, 4.69) is 0 Å². The Hall–Kier alpha value is -3.48. The van der Waals surface area contributed by atoms with Gasteiger partial charge >= 0.3 is 0 Å². The summed E-state index contributed by atoms with van der Waals surface area (Å²) in [5, 5.41) is 0. The van der Waals surface area contributed by atoms with Crippen molar-refractivity contribution in [2.75, 3.05) is 45.7 Å². The van der Waals surface area contributed by atoms with Crippen molar-refractivity contribution in [3.05, 3.63) is 71.3 Å². The van der Waals surface area contributed by atoms with Crippen LogP contribution in [0, 0.1) is 0 Å². The van der Waals surface area contributed by atoms with Gasteiger partial charge in [0.2, 0.25) is 5.75 Å². The third-order valence-electron chi connectivity index (χ3n) is 7.24. The van der Waals surface area contributed by atoms with E-state index in [0.29, 0.717) is 42.1 Å². The van der Waals surface area contributed by atoms with Gasteiger partial charge in [0, 0.05) is 6.26 Å². The number of hydrogen-bond acceptors (Lipinski definition) is 10. The largest absolute Gasteiger partial charge is 0.493 e. The van der Waals surface area contributed by atoms with Crippen LogP contribution in [0.25, 0.3) is 0 Å². The first-order valence-corrected chi connectivity index (χ1v) is 18.0. The quantitative estimate of drug-likeness (QED) is 0.209. The summed E-state index contributed by atoms with van der Waals surface area (Å²) in [6.07, 6.45) is 2.08. The second kappa shape index (κ2) is 14.5. The molecule has 1 saturated heterocycles. The molecule has 4 rings (SSSR count). The Morgan fingerprint density at radius 1 is 0.750 bits per heavy atom. The van der Waals surface area contributed by atoms with Crippen molar-refractivity contribution in [2.45, 2.75) is 49.9 Å². The van der Waals surface area contributed by atoms with Gasteiger partial charge in [0.05, 0.1) is 51.6 Å². The van der Waals surface area contributed by atoms with Crippen molar-refractivity contribution in [1.29, 1.82) is 0 Å². The third-order valence-corrected chi connectivity index (χ3v) is 10.2. The highest BCUT2D eigenvalue weighted by molar-refractivity contribution is 7.94. The lowest BCUT2D eigenvalue weighted by molar-refractivity contribution is 0.0434. The van der Waals surface area contributed by atoms with Crippen molar-refractivity contribution >= 4 is 19.7 Å². The fourth-order valence-corrected chi connectivity index (χ4v) is 8.05. The average Bonchev–Trinajstić information content (AvgIpc) is 3.51. The van der Waals surface area contributed by atoms with Gasteiger partial charge in [-0.25, -0.2) is 16.8 Å². The van der Waals surface area contributed by atoms with Crippen LogP contribution in [0.2, 0.25) is 0 Å². The molecule has 3 aromatic rings. The first-order chi connectivity index (χ1) is 21.0. The maximum absolute atomic E-state index is 13.7. The Morgan fingerprint density at radius 2 is 1.34 bits per heavy atom. The summed E-state index contributed by atoms with van der Waals surface area (Å²) in [7, 11) is -3.00. The van der Waals surface area contributed by atoms with Crippen LogP contribution in [0.4, 0.5) is 0 Å². The van der Waals surface area contributed by atoms with Crippen LogP contribution >= 0.6 is 0 Å². The van der Waals surface area contributed by atoms with Crippen LogP contribution < -0.4 is 23.7 Å². The zero-order valence-corrected chi connectivity index (χ0v) is 27.3. The Balaban J connectivity index is 1.75. The van der Waals surface area contributed by atoms with Crippen LogP contribution in [0.15, 0.2) is 59.5 Å². The SMILES string of the molecule is CCCOc1c(OCc2ccccc2)cc(C2CCC(c3cc(OC)c(OC)c(OC)c3)O2)cc1S(=O)(=O)CCS(C)(=O)=O. The van der Waals surface area contributed by atoms with Gasteiger partial charge in [-0.05, 0) is 60.2 Å². The highest BCUT2D eigenvalue weighted by Crippen LogP contribution is 2.48. The predicted octanol–water partition coefficient (Wildman–Crippen LogP) is 5.49. The van der Waals surface area contributed by atoms with Gasteiger partial charge < -0.3 is 28.4 Å². The summed E-state index contributed by atoms with van der Waals surface area (Å²) in [4.78, 5) is -0.116. The molecule has 0 N–H and O–H groups in total. The first kappa shape index (κ1) is 33.4. The second-order valence-electron chi connectivity index (χ2n) is 10.6. The van der Waals surface area contributed by atoms with Crippen molar-refractivity contribution < 1.29 is 45.3 Å². The fraction of sp³-hybridized carbons (Fsp3) is 0.438. The van der Waals surface area contributed by atoms with Crippen molar-refractivity contribution in [3.8, 4) is 28.7 Å². The van der Waals surface area contributed by atoms with E-state index in [1.807, 2.05) is 49.4 Å². The van der Waals surface area contributed by atoms with Gasteiger partial charge in [0.25, 0.3) is 0 Å². The molecule has 2 unspecified atom stereocenters. The number of sulfone groups is 2. The average molecular weight is 649 g/mol. The molecule has 0 aliphatic carbocycles. The normalized spacial score (nSPS) is 16.8. The van der Waals surface area contributed by atoms with Crippen LogP contribution in [-0.4, -0.2) is 62.5 Å². The number of ether oxygens (including phenoxy) is 6. The summed E-state index contributed by atoms with van der Waals surface area (Å²) in [5.74, 6) is 0.687. The lowest BCUT2D eigenvalue weighted by atomic mass is 10.0. The fourth-order valence-electron chi connectivity index (χ4n) is 4.99. The van der Waals surface area contributed by atoms with Gasteiger partial charge in [-0.2, -0.15) is 0 Å². The molecule has 0 bridgehead atoms. The summed E-state index contributed by atoms with van der Waals surface area (Å²) < 4.78 is 86.3. The van der Waals surface area contributed by atoms with E-state index >= 15 is 0 Å². The minimum atomic E-state index is -4.09. The van der Waals surface area contributed by atoms with Crippen LogP contribution in [0.3, 0.4) is 0 Å². The molecule has 1 heterocycles. The van der Waals surface area contributed by atoms with Crippen LogP contribution in [-0.2, 0) is 31.0 Å². The second-order valence-corrected chi connectivity index (χ2v) is 14.9. The van der Waals surface area contributed by atoms with E-state index in [-0.39, 0.29) is 35.7 Å². The zero-order valence-electron chi connectivity index (χ0n) is 25.7. The highest BCUT2D eigenvalue weighted by Gasteiger charge is 2.33. The molecule has 10 nitrogen and oxygen atoms in total.